The smallest absolute Gasteiger partial charge is 0.403 e. The molecule has 2 heterocycles. The van der Waals surface area contributed by atoms with Crippen molar-refractivity contribution in [3.8, 4) is 11.5 Å². The molecule has 0 bridgehead atoms. The predicted octanol–water partition coefficient (Wildman–Crippen LogP) is 5.01. The van der Waals surface area contributed by atoms with Crippen molar-refractivity contribution in [1.29, 1.82) is 0 Å². The highest BCUT2D eigenvalue weighted by molar-refractivity contribution is 5.73. The number of nitro benzene ring substituents is 2. The van der Waals surface area contributed by atoms with Crippen LogP contribution in [0.2, 0.25) is 0 Å². The summed E-state index contributed by atoms with van der Waals surface area (Å²) in [6, 6.07) is 11.6. The standard InChI is InChI=1S/C25H28N4O8/c30-24(36-22-7-3-1-5-20(22)28(32)33)26-13-9-18(10-14-26)17-19-11-15-27(16-12-19)25(31)37-23-8-4-2-6-21(23)29(34)35/h1-8,18-19H,9-17H2. The summed E-state index contributed by atoms with van der Waals surface area (Å²) in [5, 5.41) is 22.3. The first-order valence-corrected chi connectivity index (χ1v) is 12.2. The highest BCUT2D eigenvalue weighted by Gasteiger charge is 2.30. The maximum absolute atomic E-state index is 12.5. The number of hydrogen-bond donors (Lipinski definition) is 0. The lowest BCUT2D eigenvalue weighted by atomic mass is 9.83. The van der Waals surface area contributed by atoms with Crippen LogP contribution in [0.5, 0.6) is 11.5 Å². The number of rotatable bonds is 6. The average Bonchev–Trinajstić information content (AvgIpc) is 2.90. The number of ether oxygens (including phenoxy) is 2. The Morgan fingerprint density at radius 1 is 0.703 bits per heavy atom. The molecule has 0 radical (unpaired) electrons. The van der Waals surface area contributed by atoms with Crippen LogP contribution in [0.1, 0.15) is 32.1 Å². The molecule has 12 nitrogen and oxygen atoms in total. The van der Waals surface area contributed by atoms with Crippen LogP contribution in [0.3, 0.4) is 0 Å². The Balaban J connectivity index is 1.20. The number of benzene rings is 2. The molecule has 196 valence electrons. The van der Waals surface area contributed by atoms with Crippen molar-refractivity contribution in [3.05, 3.63) is 68.8 Å². The lowest BCUT2D eigenvalue weighted by Crippen LogP contribution is -2.42. The summed E-state index contributed by atoms with van der Waals surface area (Å²) in [5.41, 5.74) is -0.495. The van der Waals surface area contributed by atoms with Gasteiger partial charge in [0.15, 0.2) is 0 Å². The molecule has 2 fully saturated rings. The summed E-state index contributed by atoms with van der Waals surface area (Å²) in [6.45, 7) is 2.08. The number of carbonyl (C=O) groups excluding carboxylic acids is 2. The van der Waals surface area contributed by atoms with Crippen LogP contribution in [-0.4, -0.2) is 58.0 Å². The summed E-state index contributed by atoms with van der Waals surface area (Å²) in [4.78, 5) is 49.3. The fourth-order valence-electron chi connectivity index (χ4n) is 4.88. The number of piperidine rings is 2. The van der Waals surface area contributed by atoms with Gasteiger partial charge in [-0.15, -0.1) is 0 Å². The fraction of sp³-hybridized carbons (Fsp3) is 0.440. The van der Waals surface area contributed by atoms with E-state index < -0.39 is 22.0 Å². The second kappa shape index (κ2) is 11.7. The minimum atomic E-state index is -0.585. The Labute approximate surface area is 213 Å². The molecular weight excluding hydrogens is 484 g/mol. The Kier molecular flexibility index (Phi) is 8.16. The number of carbonyl (C=O) groups is 2. The third-order valence-electron chi connectivity index (χ3n) is 6.93. The van der Waals surface area contributed by atoms with E-state index in [-0.39, 0.29) is 22.9 Å². The molecule has 2 amide bonds. The molecule has 4 rings (SSSR count). The van der Waals surface area contributed by atoms with Gasteiger partial charge in [0.1, 0.15) is 0 Å². The monoisotopic (exact) mass is 512 g/mol. The van der Waals surface area contributed by atoms with Crippen molar-refractivity contribution in [1.82, 2.24) is 9.80 Å². The van der Waals surface area contributed by atoms with E-state index >= 15 is 0 Å². The van der Waals surface area contributed by atoms with Gasteiger partial charge in [-0.3, -0.25) is 20.2 Å². The molecular formula is C25H28N4O8. The first-order chi connectivity index (χ1) is 17.8. The van der Waals surface area contributed by atoms with Crippen molar-refractivity contribution in [2.45, 2.75) is 32.1 Å². The second-order valence-corrected chi connectivity index (χ2v) is 9.28. The van der Waals surface area contributed by atoms with Crippen LogP contribution in [0.4, 0.5) is 21.0 Å². The van der Waals surface area contributed by atoms with Gasteiger partial charge < -0.3 is 19.3 Å². The number of para-hydroxylation sites is 4. The highest BCUT2D eigenvalue weighted by atomic mass is 16.6. The average molecular weight is 513 g/mol. The van der Waals surface area contributed by atoms with E-state index in [0.717, 1.165) is 32.1 Å². The zero-order chi connectivity index (χ0) is 26.4. The van der Waals surface area contributed by atoms with E-state index in [2.05, 4.69) is 0 Å². The summed E-state index contributed by atoms with van der Waals surface area (Å²) in [7, 11) is 0. The van der Waals surface area contributed by atoms with E-state index in [0.29, 0.717) is 38.0 Å². The molecule has 0 aromatic heterocycles. The molecule has 2 aromatic carbocycles. The Hall–Kier alpha value is -4.22. The van der Waals surface area contributed by atoms with Crippen LogP contribution < -0.4 is 9.47 Å². The number of nitro groups is 2. The van der Waals surface area contributed by atoms with Gasteiger partial charge in [0.05, 0.1) is 9.85 Å². The summed E-state index contributed by atoms with van der Waals surface area (Å²) in [6.07, 6.45) is 3.06. The molecule has 0 atom stereocenters. The number of likely N-dealkylation sites (tertiary alicyclic amines) is 2. The molecule has 2 aromatic rings. The second-order valence-electron chi connectivity index (χ2n) is 9.28. The van der Waals surface area contributed by atoms with Crippen LogP contribution in [-0.2, 0) is 0 Å². The van der Waals surface area contributed by atoms with Crippen LogP contribution in [0, 0.1) is 32.1 Å². The molecule has 2 aliphatic heterocycles. The van der Waals surface area contributed by atoms with E-state index in [9.17, 15) is 29.8 Å². The largest absolute Gasteiger partial charge is 0.415 e. The predicted molar refractivity (Wildman–Crippen MR) is 131 cm³/mol. The van der Waals surface area contributed by atoms with Gasteiger partial charge in [-0.2, -0.15) is 0 Å². The van der Waals surface area contributed by atoms with E-state index in [1.54, 1.807) is 21.9 Å². The third kappa shape index (κ3) is 6.51. The quantitative estimate of drug-likeness (QED) is 0.388. The SMILES string of the molecule is O=C(Oc1ccccc1[N+](=O)[O-])N1CCC(CC2CCN(C(=O)Oc3ccccc3[N+](=O)[O-])CC2)CC1. The van der Waals surface area contributed by atoms with Gasteiger partial charge in [-0.1, -0.05) is 24.3 Å². The molecule has 0 unspecified atom stereocenters. The Morgan fingerprint density at radius 2 is 1.05 bits per heavy atom. The van der Waals surface area contributed by atoms with Gasteiger partial charge in [-0.25, -0.2) is 9.59 Å². The fourth-order valence-corrected chi connectivity index (χ4v) is 4.88. The molecule has 12 heteroatoms. The molecule has 0 saturated carbocycles. The van der Waals surface area contributed by atoms with E-state index in [1.807, 2.05) is 0 Å². The van der Waals surface area contributed by atoms with Crippen LogP contribution in [0.15, 0.2) is 48.5 Å². The van der Waals surface area contributed by atoms with E-state index in [4.69, 9.17) is 9.47 Å². The molecule has 37 heavy (non-hydrogen) atoms. The molecule has 0 spiro atoms. The zero-order valence-corrected chi connectivity index (χ0v) is 20.2. The summed E-state index contributed by atoms with van der Waals surface area (Å²) in [5.74, 6) is 0.745. The Morgan fingerprint density at radius 3 is 1.41 bits per heavy atom. The topological polar surface area (TPSA) is 145 Å². The van der Waals surface area contributed by atoms with Crippen molar-refractivity contribution in [2.24, 2.45) is 11.8 Å². The normalized spacial score (nSPS) is 16.8. The van der Waals surface area contributed by atoms with Gasteiger partial charge in [-0.05, 0) is 56.1 Å². The number of hydrogen-bond acceptors (Lipinski definition) is 8. The van der Waals surface area contributed by atoms with Crippen molar-refractivity contribution < 1.29 is 28.9 Å². The lowest BCUT2D eigenvalue weighted by Gasteiger charge is -2.36. The minimum Gasteiger partial charge on any atom is -0.403 e. The molecule has 2 saturated heterocycles. The first-order valence-electron chi connectivity index (χ1n) is 12.2. The molecule has 2 aliphatic rings. The van der Waals surface area contributed by atoms with E-state index in [1.165, 1.54) is 36.4 Å². The summed E-state index contributed by atoms with van der Waals surface area (Å²) < 4.78 is 10.6. The van der Waals surface area contributed by atoms with Gasteiger partial charge in [0.2, 0.25) is 11.5 Å². The highest BCUT2D eigenvalue weighted by Crippen LogP contribution is 2.32. The maximum atomic E-state index is 12.5. The third-order valence-corrected chi connectivity index (χ3v) is 6.93. The number of amides is 2. The van der Waals surface area contributed by atoms with Gasteiger partial charge in [0, 0.05) is 38.3 Å². The molecule has 0 aliphatic carbocycles. The maximum Gasteiger partial charge on any atom is 0.415 e. The van der Waals surface area contributed by atoms with Crippen molar-refractivity contribution in [3.63, 3.8) is 0 Å². The van der Waals surface area contributed by atoms with Crippen LogP contribution in [0.25, 0.3) is 0 Å². The lowest BCUT2D eigenvalue weighted by molar-refractivity contribution is -0.385. The van der Waals surface area contributed by atoms with Crippen molar-refractivity contribution in [2.75, 3.05) is 26.2 Å². The summed E-state index contributed by atoms with van der Waals surface area (Å²) >= 11 is 0. The Bertz CT molecular complexity index is 1070. The first kappa shape index (κ1) is 25.9. The van der Waals surface area contributed by atoms with Gasteiger partial charge >= 0.3 is 23.6 Å². The zero-order valence-electron chi connectivity index (χ0n) is 20.2. The van der Waals surface area contributed by atoms with Gasteiger partial charge in [0.25, 0.3) is 0 Å². The number of nitrogens with zero attached hydrogens (tertiary/aromatic N) is 4. The van der Waals surface area contributed by atoms with Crippen molar-refractivity contribution >= 4 is 23.6 Å². The van der Waals surface area contributed by atoms with Crippen LogP contribution >= 0.6 is 0 Å². The minimum absolute atomic E-state index is 0.0632. The molecule has 0 N–H and O–H groups in total.